The molecule has 25 heavy (non-hydrogen) atoms. The Morgan fingerprint density at radius 2 is 1.76 bits per heavy atom. The normalized spacial score (nSPS) is 10.8. The van der Waals surface area contributed by atoms with Crippen LogP contribution in [0.1, 0.15) is 5.56 Å². The first kappa shape index (κ1) is 15.3. The van der Waals surface area contributed by atoms with E-state index < -0.39 is 0 Å². The van der Waals surface area contributed by atoms with Crippen molar-refractivity contribution in [3.8, 4) is 28.2 Å². The number of para-hydroxylation sites is 1. The van der Waals surface area contributed by atoms with Crippen molar-refractivity contribution >= 4 is 0 Å². The van der Waals surface area contributed by atoms with Gasteiger partial charge in [-0.3, -0.25) is 4.98 Å². The topological polar surface area (TPSA) is 21.7 Å². The number of aryl methyl sites for hydroxylation is 2. The zero-order valence-corrected chi connectivity index (χ0v) is 14.4. The smallest absolute Gasteiger partial charge is 0.264 e. The Labute approximate surface area is 147 Å². The van der Waals surface area contributed by atoms with Gasteiger partial charge in [0.15, 0.2) is 0 Å². The molecule has 3 heteroatoms. The van der Waals surface area contributed by atoms with E-state index in [-0.39, 0.29) is 0 Å². The monoisotopic (exact) mass is 326 g/mol. The fraction of sp³-hybridized carbons (Fsp3) is 0.0909. The van der Waals surface area contributed by atoms with Crippen molar-refractivity contribution in [2.45, 2.75) is 6.92 Å². The Morgan fingerprint density at radius 1 is 0.920 bits per heavy atom. The maximum atomic E-state index is 4.25. The van der Waals surface area contributed by atoms with Crippen LogP contribution in [-0.2, 0) is 7.05 Å². The zero-order valence-electron chi connectivity index (χ0n) is 14.4. The molecule has 2 heterocycles. The summed E-state index contributed by atoms with van der Waals surface area (Å²) in [6, 6.07) is 21.1. The van der Waals surface area contributed by atoms with E-state index in [0.29, 0.717) is 0 Å². The van der Waals surface area contributed by atoms with Crippen molar-refractivity contribution in [1.82, 2.24) is 9.55 Å². The summed E-state index contributed by atoms with van der Waals surface area (Å²) in [6.45, 7) is 2.16. The number of nitrogens with zero attached hydrogens (tertiary/aromatic N) is 3. The van der Waals surface area contributed by atoms with E-state index in [2.05, 4.69) is 89.0 Å². The Bertz CT molecular complexity index is 1000. The predicted octanol–water partition coefficient (Wildman–Crippen LogP) is 4.34. The number of benzene rings is 2. The van der Waals surface area contributed by atoms with E-state index in [4.69, 9.17) is 0 Å². The molecule has 3 nitrogen and oxygen atoms in total. The number of rotatable bonds is 3. The van der Waals surface area contributed by atoms with Gasteiger partial charge in [-0.25, -0.2) is 4.57 Å². The molecule has 0 spiro atoms. The third kappa shape index (κ3) is 2.85. The molecule has 2 aromatic carbocycles. The number of imidazole rings is 1. The molecule has 0 bridgehead atoms. The van der Waals surface area contributed by atoms with Gasteiger partial charge >= 0.3 is 0 Å². The first-order chi connectivity index (χ1) is 12.2. The van der Waals surface area contributed by atoms with Crippen molar-refractivity contribution in [1.29, 1.82) is 0 Å². The summed E-state index contributed by atoms with van der Waals surface area (Å²) in [5, 5.41) is 0. The lowest BCUT2D eigenvalue weighted by Gasteiger charge is -2.09. The summed E-state index contributed by atoms with van der Waals surface area (Å²) in [7, 11) is 2.09. The van der Waals surface area contributed by atoms with Crippen LogP contribution in [0.25, 0.3) is 28.2 Å². The van der Waals surface area contributed by atoms with Crippen LogP contribution in [0.2, 0.25) is 0 Å². The number of hydrogen-bond donors (Lipinski definition) is 0. The summed E-state index contributed by atoms with van der Waals surface area (Å²) in [5.74, 6) is 1.16. The highest BCUT2D eigenvalue weighted by molar-refractivity contribution is 5.72. The lowest BCUT2D eigenvalue weighted by atomic mass is 10.00. The van der Waals surface area contributed by atoms with Gasteiger partial charge in [0, 0.05) is 18.0 Å². The first-order valence-electron chi connectivity index (χ1n) is 8.38. The second-order valence-electron chi connectivity index (χ2n) is 6.21. The highest BCUT2D eigenvalue weighted by atomic mass is 15.1. The van der Waals surface area contributed by atoms with Crippen LogP contribution < -0.4 is 4.57 Å². The van der Waals surface area contributed by atoms with Crippen molar-refractivity contribution in [2.75, 3.05) is 0 Å². The summed E-state index contributed by atoms with van der Waals surface area (Å²) in [5.41, 5.74) is 5.93. The predicted molar refractivity (Wildman–Crippen MR) is 100 cm³/mol. The molecular formula is C22H20N3+. The minimum atomic E-state index is 1.13. The average molecular weight is 326 g/mol. The second-order valence-corrected chi connectivity index (χ2v) is 6.21. The van der Waals surface area contributed by atoms with Gasteiger partial charge in [0.05, 0.1) is 12.6 Å². The molecule has 0 aliphatic carbocycles. The Balaban J connectivity index is 1.90. The summed E-state index contributed by atoms with van der Waals surface area (Å²) in [6.07, 6.45) is 7.92. The molecule has 0 atom stereocenters. The van der Waals surface area contributed by atoms with E-state index in [9.17, 15) is 0 Å². The Hall–Kier alpha value is -3.20. The molecule has 4 aromatic rings. The molecule has 0 fully saturated rings. The minimum absolute atomic E-state index is 1.13. The van der Waals surface area contributed by atoms with Gasteiger partial charge in [0.2, 0.25) is 0 Å². The van der Waals surface area contributed by atoms with Crippen molar-refractivity contribution in [3.63, 3.8) is 0 Å². The highest BCUT2D eigenvalue weighted by Gasteiger charge is 2.21. The third-order valence-electron chi connectivity index (χ3n) is 4.51. The van der Waals surface area contributed by atoms with Crippen molar-refractivity contribution < 1.29 is 4.57 Å². The number of hydrogen-bond acceptors (Lipinski definition) is 1. The van der Waals surface area contributed by atoms with Crippen LogP contribution in [0, 0.1) is 6.92 Å². The fourth-order valence-electron chi connectivity index (χ4n) is 3.17. The van der Waals surface area contributed by atoms with Gasteiger partial charge in [-0.15, -0.1) is 0 Å². The molecular weight excluding hydrogens is 306 g/mol. The lowest BCUT2D eigenvalue weighted by Crippen LogP contribution is -2.29. The van der Waals surface area contributed by atoms with E-state index in [0.717, 1.165) is 17.1 Å². The molecule has 0 aliphatic rings. The van der Waals surface area contributed by atoms with Gasteiger partial charge in [-0.2, -0.15) is 4.57 Å². The van der Waals surface area contributed by atoms with E-state index in [1.807, 2.05) is 18.3 Å². The van der Waals surface area contributed by atoms with Crippen LogP contribution in [-0.4, -0.2) is 9.55 Å². The molecule has 2 aromatic heterocycles. The minimum Gasteiger partial charge on any atom is -0.264 e. The average Bonchev–Trinajstić information content (AvgIpc) is 3.05. The zero-order chi connectivity index (χ0) is 17.2. The van der Waals surface area contributed by atoms with E-state index >= 15 is 0 Å². The maximum Gasteiger partial charge on any atom is 0.294 e. The molecule has 0 amide bonds. The Morgan fingerprint density at radius 3 is 2.52 bits per heavy atom. The van der Waals surface area contributed by atoms with Crippen molar-refractivity contribution in [3.05, 3.63) is 91.0 Å². The fourth-order valence-corrected chi connectivity index (χ4v) is 3.17. The number of pyridine rings is 1. The van der Waals surface area contributed by atoms with Gasteiger partial charge < -0.3 is 0 Å². The standard InChI is InChI=1S/C22H20N3/c1-17-10-11-18(19-7-6-12-23-16-19)15-21(17)22-24(2)13-14-25(22)20-8-4-3-5-9-20/h3-16H,1-2H3/q+1. The summed E-state index contributed by atoms with van der Waals surface area (Å²) >= 11 is 0. The van der Waals surface area contributed by atoms with Gasteiger partial charge in [-0.05, 0) is 42.3 Å². The van der Waals surface area contributed by atoms with Crippen LogP contribution in [0.15, 0.2) is 85.5 Å². The molecule has 0 saturated carbocycles. The van der Waals surface area contributed by atoms with Crippen LogP contribution >= 0.6 is 0 Å². The molecule has 0 N–H and O–H groups in total. The molecule has 0 unspecified atom stereocenters. The summed E-state index contributed by atoms with van der Waals surface area (Å²) in [4.78, 5) is 4.25. The highest BCUT2D eigenvalue weighted by Crippen LogP contribution is 2.28. The number of aromatic nitrogens is 3. The second kappa shape index (κ2) is 6.36. The third-order valence-corrected chi connectivity index (χ3v) is 4.51. The summed E-state index contributed by atoms with van der Waals surface area (Å²) < 4.78 is 4.40. The van der Waals surface area contributed by atoms with Crippen LogP contribution in [0.4, 0.5) is 0 Å². The van der Waals surface area contributed by atoms with E-state index in [1.54, 1.807) is 6.20 Å². The SMILES string of the molecule is Cc1ccc(-c2cccnc2)cc1-c1n(-c2ccccc2)cc[n+]1C. The van der Waals surface area contributed by atoms with E-state index in [1.165, 1.54) is 16.7 Å². The van der Waals surface area contributed by atoms with Gasteiger partial charge in [0.1, 0.15) is 18.1 Å². The molecule has 4 rings (SSSR count). The molecule has 122 valence electrons. The molecule has 0 saturated heterocycles. The molecule has 0 aliphatic heterocycles. The van der Waals surface area contributed by atoms with Crippen LogP contribution in [0.3, 0.4) is 0 Å². The first-order valence-corrected chi connectivity index (χ1v) is 8.38. The largest absolute Gasteiger partial charge is 0.294 e. The van der Waals surface area contributed by atoms with Gasteiger partial charge in [0.25, 0.3) is 5.82 Å². The quantitative estimate of drug-likeness (QED) is 0.513. The van der Waals surface area contributed by atoms with Crippen LogP contribution in [0.5, 0.6) is 0 Å². The van der Waals surface area contributed by atoms with Gasteiger partial charge in [-0.1, -0.05) is 36.4 Å². The van der Waals surface area contributed by atoms with Crippen molar-refractivity contribution in [2.24, 2.45) is 7.05 Å². The Kier molecular flexibility index (Phi) is 3.90. The maximum absolute atomic E-state index is 4.25. The lowest BCUT2D eigenvalue weighted by molar-refractivity contribution is -0.659. The molecule has 0 radical (unpaired) electrons.